The number of hydrogen-bond donors (Lipinski definition) is 1. The van der Waals surface area contributed by atoms with Gasteiger partial charge in [0.1, 0.15) is 6.04 Å². The molecule has 0 radical (unpaired) electrons. The summed E-state index contributed by atoms with van der Waals surface area (Å²) in [6, 6.07) is 9.27. The first kappa shape index (κ1) is 11.6. The van der Waals surface area contributed by atoms with E-state index in [1.54, 1.807) is 6.92 Å². The Labute approximate surface area is 90.3 Å². The fourth-order valence-electron chi connectivity index (χ4n) is 1.69. The minimum atomic E-state index is -0.799. The lowest BCUT2D eigenvalue weighted by atomic mass is 10.1. The van der Waals surface area contributed by atoms with E-state index in [2.05, 4.69) is 0 Å². The second kappa shape index (κ2) is 4.82. The van der Waals surface area contributed by atoms with Gasteiger partial charge in [-0.25, -0.2) is 4.79 Å². The molecule has 1 aromatic carbocycles. The monoisotopic (exact) mass is 207 g/mol. The minimum absolute atomic E-state index is 0.165. The summed E-state index contributed by atoms with van der Waals surface area (Å²) in [5.41, 5.74) is 0.947. The first-order chi connectivity index (χ1) is 7.04. The molecule has 0 heterocycles. The third kappa shape index (κ3) is 2.72. The van der Waals surface area contributed by atoms with Crippen molar-refractivity contribution in [1.29, 1.82) is 0 Å². The third-order valence-corrected chi connectivity index (χ3v) is 2.39. The molecule has 3 nitrogen and oxygen atoms in total. The van der Waals surface area contributed by atoms with Crippen molar-refractivity contribution < 1.29 is 9.90 Å². The Bertz CT molecular complexity index is 322. The van der Waals surface area contributed by atoms with E-state index < -0.39 is 12.0 Å². The van der Waals surface area contributed by atoms with Gasteiger partial charge in [0.25, 0.3) is 0 Å². The molecule has 1 atom stereocenters. The molecule has 15 heavy (non-hydrogen) atoms. The molecule has 1 unspecified atom stereocenters. The summed E-state index contributed by atoms with van der Waals surface area (Å²) in [6.45, 7) is 5.69. The lowest BCUT2D eigenvalue weighted by Gasteiger charge is -2.32. The maximum absolute atomic E-state index is 11.0. The summed E-state index contributed by atoms with van der Waals surface area (Å²) >= 11 is 0. The van der Waals surface area contributed by atoms with Gasteiger partial charge in [0, 0.05) is 11.7 Å². The van der Waals surface area contributed by atoms with Crippen LogP contribution in [0.1, 0.15) is 20.8 Å². The largest absolute Gasteiger partial charge is 0.480 e. The van der Waals surface area contributed by atoms with Gasteiger partial charge < -0.3 is 10.0 Å². The van der Waals surface area contributed by atoms with E-state index in [0.717, 1.165) is 5.69 Å². The molecule has 0 bridgehead atoms. The van der Waals surface area contributed by atoms with Crippen molar-refractivity contribution >= 4 is 11.7 Å². The zero-order valence-corrected chi connectivity index (χ0v) is 9.34. The summed E-state index contributed by atoms with van der Waals surface area (Å²) in [5, 5.41) is 9.02. The molecule has 1 N–H and O–H groups in total. The van der Waals surface area contributed by atoms with E-state index in [1.165, 1.54) is 0 Å². The van der Waals surface area contributed by atoms with Gasteiger partial charge in [0.05, 0.1) is 0 Å². The van der Waals surface area contributed by atoms with Crippen LogP contribution >= 0.6 is 0 Å². The highest BCUT2D eigenvalue weighted by Crippen LogP contribution is 2.19. The van der Waals surface area contributed by atoms with Gasteiger partial charge in [-0.2, -0.15) is 0 Å². The first-order valence-electron chi connectivity index (χ1n) is 5.10. The van der Waals surface area contributed by atoms with E-state index in [4.69, 9.17) is 5.11 Å². The fraction of sp³-hybridized carbons (Fsp3) is 0.417. The molecule has 0 spiro atoms. The van der Waals surface area contributed by atoms with Crippen molar-refractivity contribution in [3.05, 3.63) is 30.3 Å². The van der Waals surface area contributed by atoms with Gasteiger partial charge in [0.15, 0.2) is 0 Å². The number of carboxylic acids is 1. The van der Waals surface area contributed by atoms with Gasteiger partial charge in [-0.15, -0.1) is 0 Å². The Morgan fingerprint density at radius 3 is 2.13 bits per heavy atom. The molecular formula is C12H17NO2. The Balaban J connectivity index is 2.99. The third-order valence-electron chi connectivity index (χ3n) is 2.39. The molecule has 0 aliphatic carbocycles. The van der Waals surface area contributed by atoms with Crippen LogP contribution in [0.2, 0.25) is 0 Å². The van der Waals surface area contributed by atoms with Crippen LogP contribution < -0.4 is 4.90 Å². The topological polar surface area (TPSA) is 40.5 Å². The van der Waals surface area contributed by atoms with Crippen LogP contribution in [0.4, 0.5) is 5.69 Å². The molecule has 82 valence electrons. The molecule has 0 amide bonds. The van der Waals surface area contributed by atoms with Crippen LogP contribution in [0.5, 0.6) is 0 Å². The second-order valence-electron chi connectivity index (χ2n) is 3.85. The Hall–Kier alpha value is -1.51. The van der Waals surface area contributed by atoms with E-state index in [-0.39, 0.29) is 6.04 Å². The van der Waals surface area contributed by atoms with Gasteiger partial charge in [-0.3, -0.25) is 0 Å². The van der Waals surface area contributed by atoms with Crippen LogP contribution in [0.15, 0.2) is 30.3 Å². The molecule has 0 aromatic heterocycles. The van der Waals surface area contributed by atoms with Gasteiger partial charge in [-0.1, -0.05) is 18.2 Å². The molecule has 1 rings (SSSR count). The van der Waals surface area contributed by atoms with E-state index in [0.29, 0.717) is 0 Å². The second-order valence-corrected chi connectivity index (χ2v) is 3.85. The lowest BCUT2D eigenvalue weighted by molar-refractivity contribution is -0.138. The summed E-state index contributed by atoms with van der Waals surface area (Å²) in [7, 11) is 0. The molecule has 0 saturated carbocycles. The summed E-state index contributed by atoms with van der Waals surface area (Å²) in [4.78, 5) is 12.9. The van der Waals surface area contributed by atoms with Crippen molar-refractivity contribution in [1.82, 2.24) is 0 Å². The van der Waals surface area contributed by atoms with Gasteiger partial charge in [-0.05, 0) is 32.9 Å². The van der Waals surface area contributed by atoms with Crippen molar-refractivity contribution in [2.24, 2.45) is 0 Å². The SMILES string of the molecule is CC(C)N(c1ccccc1)C(C)C(=O)O. The van der Waals surface area contributed by atoms with E-state index in [9.17, 15) is 4.79 Å². The predicted octanol–water partition coefficient (Wildman–Crippen LogP) is 2.37. The normalized spacial score (nSPS) is 12.5. The van der Waals surface area contributed by atoms with Crippen molar-refractivity contribution in [3.8, 4) is 0 Å². The molecule has 0 aliphatic rings. The molecule has 0 saturated heterocycles. The zero-order valence-electron chi connectivity index (χ0n) is 9.34. The maximum atomic E-state index is 11.0. The number of rotatable bonds is 4. The Morgan fingerprint density at radius 1 is 1.20 bits per heavy atom. The molecule has 1 aromatic rings. The van der Waals surface area contributed by atoms with E-state index >= 15 is 0 Å². The average molecular weight is 207 g/mol. The summed E-state index contributed by atoms with van der Waals surface area (Å²) in [6.07, 6.45) is 0. The summed E-state index contributed by atoms with van der Waals surface area (Å²) in [5.74, 6) is -0.799. The zero-order chi connectivity index (χ0) is 11.4. The number of carboxylic acid groups (broad SMARTS) is 1. The van der Waals surface area contributed by atoms with Crippen molar-refractivity contribution in [2.75, 3.05) is 4.90 Å². The van der Waals surface area contributed by atoms with Crippen molar-refractivity contribution in [2.45, 2.75) is 32.9 Å². The van der Waals surface area contributed by atoms with Gasteiger partial charge in [0.2, 0.25) is 0 Å². The Morgan fingerprint density at radius 2 is 1.73 bits per heavy atom. The number of aliphatic carboxylic acids is 1. The molecule has 3 heteroatoms. The quantitative estimate of drug-likeness (QED) is 0.824. The summed E-state index contributed by atoms with van der Waals surface area (Å²) < 4.78 is 0. The average Bonchev–Trinajstić information content (AvgIpc) is 2.18. The fourth-order valence-corrected chi connectivity index (χ4v) is 1.69. The molecule has 0 aliphatic heterocycles. The van der Waals surface area contributed by atoms with Crippen LogP contribution in [-0.4, -0.2) is 23.2 Å². The number of nitrogens with zero attached hydrogens (tertiary/aromatic N) is 1. The number of para-hydroxylation sites is 1. The van der Waals surface area contributed by atoms with Crippen LogP contribution in [0, 0.1) is 0 Å². The maximum Gasteiger partial charge on any atom is 0.326 e. The van der Waals surface area contributed by atoms with Gasteiger partial charge >= 0.3 is 5.97 Å². The van der Waals surface area contributed by atoms with Crippen LogP contribution in [0.3, 0.4) is 0 Å². The van der Waals surface area contributed by atoms with E-state index in [1.807, 2.05) is 49.1 Å². The highest BCUT2D eigenvalue weighted by atomic mass is 16.4. The number of carbonyl (C=O) groups is 1. The number of benzene rings is 1. The lowest BCUT2D eigenvalue weighted by Crippen LogP contribution is -2.43. The number of anilines is 1. The molecule has 0 fully saturated rings. The predicted molar refractivity (Wildman–Crippen MR) is 61.2 cm³/mol. The molecular weight excluding hydrogens is 190 g/mol. The highest BCUT2D eigenvalue weighted by Gasteiger charge is 2.22. The van der Waals surface area contributed by atoms with Crippen LogP contribution in [-0.2, 0) is 4.79 Å². The minimum Gasteiger partial charge on any atom is -0.480 e. The highest BCUT2D eigenvalue weighted by molar-refractivity contribution is 5.77. The Kier molecular flexibility index (Phi) is 3.72. The number of hydrogen-bond acceptors (Lipinski definition) is 2. The van der Waals surface area contributed by atoms with Crippen molar-refractivity contribution in [3.63, 3.8) is 0 Å². The smallest absolute Gasteiger partial charge is 0.326 e. The first-order valence-corrected chi connectivity index (χ1v) is 5.10. The van der Waals surface area contributed by atoms with Crippen LogP contribution in [0.25, 0.3) is 0 Å². The standard InChI is InChI=1S/C12H17NO2/c1-9(2)13(10(3)12(14)15)11-7-5-4-6-8-11/h4-10H,1-3H3,(H,14,15).